The fraction of sp³-hybridized carbons (Fsp3) is 0.254. The summed E-state index contributed by atoms with van der Waals surface area (Å²) in [7, 11) is 0. The van der Waals surface area contributed by atoms with E-state index in [9.17, 15) is 0 Å². The lowest BCUT2D eigenvalue weighted by Crippen LogP contribution is -2.27. The molecule has 1 aliphatic heterocycles. The fourth-order valence-corrected chi connectivity index (χ4v) is 10.2. The van der Waals surface area contributed by atoms with Gasteiger partial charge in [0.05, 0.1) is 17.1 Å². The first-order chi connectivity index (χ1) is 31.5. The quantitative estimate of drug-likeness (QED) is 0.157. The molecule has 8 aromatic rings. The van der Waals surface area contributed by atoms with Crippen LogP contribution in [0.5, 0.6) is 0 Å². The van der Waals surface area contributed by atoms with Crippen molar-refractivity contribution in [2.45, 2.75) is 89.4 Å². The maximum atomic E-state index is 4.52. The lowest BCUT2D eigenvalue weighted by molar-refractivity contribution is 0.352. The fourth-order valence-electron chi connectivity index (χ4n) is 10.2. The van der Waals surface area contributed by atoms with Crippen LogP contribution < -0.4 is 10.4 Å². The topological polar surface area (TPSA) is 50.9 Å². The van der Waals surface area contributed by atoms with Crippen molar-refractivity contribution in [2.75, 3.05) is 11.6 Å². The van der Waals surface area contributed by atoms with Gasteiger partial charge in [0.2, 0.25) is 0 Å². The Morgan fingerprint density at radius 3 is 1.31 bits per heavy atom. The Bertz CT molecular complexity index is 2910. The smallest absolute Gasteiger partial charge is 0.0645 e. The highest BCUT2D eigenvalue weighted by atomic mass is 15.5. The summed E-state index contributed by atoms with van der Waals surface area (Å²) in [5.41, 5.74) is 21.5. The van der Waals surface area contributed by atoms with E-state index >= 15 is 0 Å². The van der Waals surface area contributed by atoms with Crippen LogP contribution in [0.4, 0.5) is 5.69 Å². The van der Waals surface area contributed by atoms with E-state index < -0.39 is 0 Å². The molecule has 0 radical (unpaired) electrons. The van der Waals surface area contributed by atoms with Crippen molar-refractivity contribution in [1.82, 2.24) is 25.0 Å². The van der Waals surface area contributed by atoms with E-state index in [1.165, 1.54) is 61.2 Å². The Morgan fingerprint density at radius 1 is 0.462 bits per heavy atom. The van der Waals surface area contributed by atoms with Crippen molar-refractivity contribution in [2.24, 2.45) is 0 Å². The molecule has 3 heterocycles. The van der Waals surface area contributed by atoms with Gasteiger partial charge in [-0.25, -0.2) is 14.8 Å². The van der Waals surface area contributed by atoms with Crippen molar-refractivity contribution in [3.05, 3.63) is 210 Å². The summed E-state index contributed by atoms with van der Waals surface area (Å²) < 4.78 is 3.86. The van der Waals surface area contributed by atoms with E-state index in [1.54, 1.807) is 0 Å². The van der Waals surface area contributed by atoms with Crippen molar-refractivity contribution in [3.8, 4) is 44.8 Å². The number of aromatic nitrogens is 4. The minimum absolute atomic E-state index is 0.00615. The van der Waals surface area contributed by atoms with Gasteiger partial charge in [-0.1, -0.05) is 145 Å². The van der Waals surface area contributed by atoms with Gasteiger partial charge in [0.15, 0.2) is 0 Å². The van der Waals surface area contributed by atoms with E-state index in [2.05, 4.69) is 208 Å². The highest BCUT2D eigenvalue weighted by Crippen LogP contribution is 2.53. The van der Waals surface area contributed by atoms with Crippen LogP contribution in [0.15, 0.2) is 183 Å². The molecule has 6 heteroatoms. The van der Waals surface area contributed by atoms with Crippen LogP contribution in [0.2, 0.25) is 0 Å². The largest absolute Gasteiger partial charge is 0.284 e. The van der Waals surface area contributed by atoms with Gasteiger partial charge in [-0.05, 0) is 158 Å². The van der Waals surface area contributed by atoms with Crippen molar-refractivity contribution < 1.29 is 0 Å². The third kappa shape index (κ3) is 8.76. The van der Waals surface area contributed by atoms with Crippen LogP contribution in [0.1, 0.15) is 106 Å². The van der Waals surface area contributed by atoms with Gasteiger partial charge < -0.3 is 0 Å². The molecule has 1 aliphatic carbocycles. The highest BCUT2D eigenvalue weighted by Gasteiger charge is 2.35. The molecule has 3 unspecified atom stereocenters. The zero-order chi connectivity index (χ0) is 44.7. The number of hydrogen-bond donors (Lipinski definition) is 1. The number of nitrogens with zero attached hydrogens (tertiary/aromatic N) is 5. The van der Waals surface area contributed by atoms with Crippen LogP contribution in [0.25, 0.3) is 44.8 Å². The van der Waals surface area contributed by atoms with Crippen LogP contribution in [0.3, 0.4) is 0 Å². The Hall–Kier alpha value is -6.76. The molecule has 1 N–H and O–H groups in total. The van der Waals surface area contributed by atoms with Gasteiger partial charge in [-0.15, -0.1) is 0 Å². The molecular weight excluding hydrogens is 793 g/mol. The summed E-state index contributed by atoms with van der Waals surface area (Å²) in [6.07, 6.45) is 15.1. The molecule has 326 valence electrons. The first-order valence-corrected chi connectivity index (χ1v) is 23.3. The molecule has 2 aromatic heterocycles. The van der Waals surface area contributed by atoms with Crippen LogP contribution in [0, 0.1) is 0 Å². The molecule has 65 heavy (non-hydrogen) atoms. The van der Waals surface area contributed by atoms with E-state index in [4.69, 9.17) is 0 Å². The molecule has 0 bridgehead atoms. The van der Waals surface area contributed by atoms with Gasteiger partial charge in [-0.3, -0.25) is 5.01 Å². The van der Waals surface area contributed by atoms with Gasteiger partial charge in [0.25, 0.3) is 0 Å². The first-order valence-electron chi connectivity index (χ1n) is 23.3. The molecule has 0 amide bonds. The zero-order valence-electron chi connectivity index (χ0n) is 38.6. The van der Waals surface area contributed by atoms with Crippen LogP contribution >= 0.6 is 0 Å². The van der Waals surface area contributed by atoms with Crippen molar-refractivity contribution in [3.63, 3.8) is 0 Å². The molecule has 6 nitrogen and oxygen atoms in total. The highest BCUT2D eigenvalue weighted by molar-refractivity contribution is 5.74. The molecular formula is C59H60N6. The Balaban J connectivity index is 1.10. The average molecular weight is 853 g/mol. The second-order valence-corrected chi connectivity index (χ2v) is 20.1. The number of rotatable bonds is 9. The molecule has 2 aliphatic rings. The molecule has 1 fully saturated rings. The lowest BCUT2D eigenvalue weighted by Gasteiger charge is -2.39. The van der Waals surface area contributed by atoms with E-state index in [0.717, 1.165) is 42.9 Å². The summed E-state index contributed by atoms with van der Waals surface area (Å²) in [5, 5.41) is 11.1. The van der Waals surface area contributed by atoms with E-state index in [-0.39, 0.29) is 10.8 Å². The number of benzene rings is 6. The zero-order valence-corrected chi connectivity index (χ0v) is 38.6. The number of anilines is 1. The summed E-state index contributed by atoms with van der Waals surface area (Å²) in [4.78, 5) is 0. The van der Waals surface area contributed by atoms with Gasteiger partial charge >= 0.3 is 0 Å². The predicted octanol–water partition coefficient (Wildman–Crippen LogP) is 14.3. The maximum Gasteiger partial charge on any atom is 0.0645 e. The first kappa shape index (κ1) is 42.2. The van der Waals surface area contributed by atoms with Gasteiger partial charge in [0, 0.05) is 37.5 Å². The Morgan fingerprint density at radius 2 is 0.892 bits per heavy atom. The third-order valence-electron chi connectivity index (χ3n) is 13.8. The summed E-state index contributed by atoms with van der Waals surface area (Å²) in [6, 6.07) is 55.0. The van der Waals surface area contributed by atoms with Crippen LogP contribution in [-0.4, -0.2) is 26.1 Å². The minimum Gasteiger partial charge on any atom is -0.284 e. The standard InChI is InChI=1S/C59H60N6/c1-58(2,3)47-20-28-54(56(39-47)42-16-24-50(25-17-42)64-34-10-31-61-64)45-36-44(53-13-8-7-12-52(53)41-14-22-49(23-15-41)63-33-9-30-60-63)37-46(38-45)55-29-21-48(59(4,5)6)40-57(55)43-18-26-51(27-19-43)65-35-11-32-62-65/h7-31,33-35,39-40,44-46,62H,32,36-38H2,1-6H3. The Kier molecular flexibility index (Phi) is 11.2. The number of nitrogens with one attached hydrogen (secondary N) is 1. The summed E-state index contributed by atoms with van der Waals surface area (Å²) in [6.45, 7) is 14.8. The van der Waals surface area contributed by atoms with Gasteiger partial charge in [0.1, 0.15) is 0 Å². The van der Waals surface area contributed by atoms with Crippen LogP contribution in [-0.2, 0) is 10.8 Å². The summed E-state index contributed by atoms with van der Waals surface area (Å²) in [5.74, 6) is 0.955. The minimum atomic E-state index is 0.00615. The van der Waals surface area contributed by atoms with E-state index in [1.807, 2.05) is 46.3 Å². The molecule has 3 atom stereocenters. The second-order valence-electron chi connectivity index (χ2n) is 20.1. The predicted molar refractivity (Wildman–Crippen MR) is 269 cm³/mol. The Labute approximate surface area is 385 Å². The summed E-state index contributed by atoms with van der Waals surface area (Å²) >= 11 is 0. The van der Waals surface area contributed by atoms with E-state index in [0.29, 0.717) is 17.8 Å². The molecule has 0 saturated heterocycles. The van der Waals surface area contributed by atoms with Crippen molar-refractivity contribution in [1.29, 1.82) is 0 Å². The number of hydrazine groups is 1. The second kappa shape index (κ2) is 17.3. The molecule has 0 spiro atoms. The molecule has 6 aromatic carbocycles. The number of hydrogen-bond acceptors (Lipinski definition) is 4. The van der Waals surface area contributed by atoms with Gasteiger partial charge in [-0.2, -0.15) is 10.2 Å². The third-order valence-corrected chi connectivity index (χ3v) is 13.8. The SMILES string of the molecule is CC(C)(C)c1ccc(C2CC(c3ccccc3-c3ccc(-n4cccn4)cc3)CC(c3ccc(C(C)(C)C)cc3-c3ccc(-n4cccn4)cc3)C2)c(-c2ccc(N3C=CCN3)cc2)c1. The monoisotopic (exact) mass is 852 g/mol. The molecule has 1 saturated carbocycles. The van der Waals surface area contributed by atoms with Crippen molar-refractivity contribution >= 4 is 5.69 Å². The molecule has 10 rings (SSSR count). The normalized spacial score (nSPS) is 17.8. The maximum absolute atomic E-state index is 4.52. The average Bonchev–Trinajstić information content (AvgIpc) is 4.17. The lowest BCUT2D eigenvalue weighted by atomic mass is 9.65.